The third-order valence-corrected chi connectivity index (χ3v) is 6.42. The number of carboxylic acid groups (broad SMARTS) is 1. The lowest BCUT2D eigenvalue weighted by Crippen LogP contribution is -2.06. The van der Waals surface area contributed by atoms with Crippen LogP contribution < -0.4 is 0 Å². The van der Waals surface area contributed by atoms with Gasteiger partial charge in [-0.05, 0) is 48.9 Å². The number of nitrogens with zero attached hydrogens (tertiary/aromatic N) is 1. The molecule has 0 aliphatic heterocycles. The van der Waals surface area contributed by atoms with E-state index in [4.69, 9.17) is 11.6 Å². The van der Waals surface area contributed by atoms with Crippen LogP contribution in [0.3, 0.4) is 0 Å². The van der Waals surface area contributed by atoms with Crippen LogP contribution in [0.4, 0.5) is 0 Å². The van der Waals surface area contributed by atoms with Crippen molar-refractivity contribution in [3.63, 3.8) is 0 Å². The fraction of sp³-hybridized carbons (Fsp3) is 0.150. The van der Waals surface area contributed by atoms with Gasteiger partial charge in [0.15, 0.2) is 9.84 Å². The van der Waals surface area contributed by atoms with Crippen LogP contribution in [0.2, 0.25) is 5.02 Å². The van der Waals surface area contributed by atoms with Gasteiger partial charge in [-0.1, -0.05) is 36.7 Å². The average molecular weight is 404 g/mol. The Labute approximate surface area is 162 Å². The third kappa shape index (κ3) is 3.63. The monoisotopic (exact) mass is 403 g/mol. The van der Waals surface area contributed by atoms with Crippen molar-refractivity contribution in [1.82, 2.24) is 4.57 Å². The van der Waals surface area contributed by atoms with E-state index in [1.807, 2.05) is 0 Å². The Morgan fingerprint density at radius 1 is 1.11 bits per heavy atom. The summed E-state index contributed by atoms with van der Waals surface area (Å²) in [5, 5.41) is 10.1. The van der Waals surface area contributed by atoms with E-state index < -0.39 is 15.8 Å². The molecule has 5 nitrogen and oxygen atoms in total. The molecule has 0 spiro atoms. The second kappa shape index (κ2) is 7.21. The van der Waals surface area contributed by atoms with E-state index in [9.17, 15) is 18.3 Å². The van der Waals surface area contributed by atoms with Crippen LogP contribution in [0.15, 0.2) is 59.5 Å². The summed E-state index contributed by atoms with van der Waals surface area (Å²) in [5.41, 5.74) is 2.67. The number of benzene rings is 2. The smallest absolute Gasteiger partial charge is 0.337 e. The van der Waals surface area contributed by atoms with Crippen LogP contribution in [-0.2, 0) is 9.84 Å². The van der Waals surface area contributed by atoms with E-state index in [0.717, 1.165) is 5.56 Å². The van der Waals surface area contributed by atoms with E-state index in [0.29, 0.717) is 22.1 Å². The summed E-state index contributed by atoms with van der Waals surface area (Å²) in [5.74, 6) is -1.05. The number of rotatable bonds is 5. The number of hydrogen-bond acceptors (Lipinski definition) is 3. The Kier molecular flexibility index (Phi) is 5.13. The van der Waals surface area contributed by atoms with Crippen molar-refractivity contribution in [3.8, 4) is 16.9 Å². The first kappa shape index (κ1) is 19.2. The molecule has 0 radical (unpaired) electrons. The molecule has 7 heteroatoms. The quantitative estimate of drug-likeness (QED) is 0.675. The van der Waals surface area contributed by atoms with Gasteiger partial charge in [0.2, 0.25) is 0 Å². The maximum Gasteiger partial charge on any atom is 0.337 e. The first-order valence-corrected chi connectivity index (χ1v) is 10.3. The van der Waals surface area contributed by atoms with Crippen LogP contribution in [0.25, 0.3) is 16.9 Å². The molecule has 0 unspecified atom stereocenters. The van der Waals surface area contributed by atoms with Gasteiger partial charge in [0.05, 0.1) is 21.9 Å². The van der Waals surface area contributed by atoms with Gasteiger partial charge in [-0.3, -0.25) is 0 Å². The molecule has 140 valence electrons. The highest BCUT2D eigenvalue weighted by molar-refractivity contribution is 7.91. The Hall–Kier alpha value is -2.57. The molecule has 0 atom stereocenters. The van der Waals surface area contributed by atoms with Crippen LogP contribution in [-0.4, -0.2) is 29.8 Å². The topological polar surface area (TPSA) is 76.4 Å². The lowest BCUT2D eigenvalue weighted by atomic mass is 10.1. The molecule has 0 fully saturated rings. The molecule has 3 rings (SSSR count). The zero-order valence-electron chi connectivity index (χ0n) is 14.8. The Bertz CT molecular complexity index is 1120. The summed E-state index contributed by atoms with van der Waals surface area (Å²) >= 11 is 5.96. The molecule has 3 aromatic rings. The lowest BCUT2D eigenvalue weighted by Gasteiger charge is -2.14. The van der Waals surface area contributed by atoms with Gasteiger partial charge < -0.3 is 9.67 Å². The highest BCUT2D eigenvalue weighted by atomic mass is 35.5. The number of halogens is 1. The third-order valence-electron chi connectivity index (χ3n) is 4.43. The predicted molar refractivity (Wildman–Crippen MR) is 106 cm³/mol. The van der Waals surface area contributed by atoms with Crippen molar-refractivity contribution < 1.29 is 18.3 Å². The summed E-state index contributed by atoms with van der Waals surface area (Å²) in [6.45, 7) is 3.29. The second-order valence-electron chi connectivity index (χ2n) is 6.08. The lowest BCUT2D eigenvalue weighted by molar-refractivity contribution is 0.0696. The number of hydrogen-bond donors (Lipinski definition) is 1. The SMILES string of the molecule is CCS(=O)(=O)c1cccc(-n2c(-c3ccc(Cl)cc3)cc(C(=O)O)c2C)c1. The minimum Gasteiger partial charge on any atom is -0.478 e. The van der Waals surface area contributed by atoms with Gasteiger partial charge in [0, 0.05) is 16.4 Å². The van der Waals surface area contributed by atoms with Crippen molar-refractivity contribution >= 4 is 27.4 Å². The molecule has 0 amide bonds. The zero-order chi connectivity index (χ0) is 19.8. The highest BCUT2D eigenvalue weighted by Crippen LogP contribution is 2.31. The molecule has 1 heterocycles. The average Bonchev–Trinajstić information content (AvgIpc) is 3.00. The van der Waals surface area contributed by atoms with Gasteiger partial charge in [0.25, 0.3) is 0 Å². The second-order valence-corrected chi connectivity index (χ2v) is 8.79. The van der Waals surface area contributed by atoms with Crippen LogP contribution in [0.1, 0.15) is 23.0 Å². The van der Waals surface area contributed by atoms with E-state index in [-0.39, 0.29) is 16.2 Å². The van der Waals surface area contributed by atoms with Gasteiger partial charge in [0.1, 0.15) is 0 Å². The van der Waals surface area contributed by atoms with E-state index in [1.54, 1.807) is 73.0 Å². The number of carbonyl (C=O) groups is 1. The molecular formula is C20H18ClNO4S. The number of aromatic carboxylic acids is 1. The van der Waals surface area contributed by atoms with Gasteiger partial charge in [-0.2, -0.15) is 0 Å². The predicted octanol–water partition coefficient (Wildman–Crippen LogP) is 4.60. The summed E-state index contributed by atoms with van der Waals surface area (Å²) < 4.78 is 26.3. The van der Waals surface area contributed by atoms with Crippen LogP contribution in [0.5, 0.6) is 0 Å². The standard InChI is InChI=1S/C20H18ClNO4S/c1-3-27(25,26)17-6-4-5-16(11-17)22-13(2)18(20(23)24)12-19(22)14-7-9-15(21)10-8-14/h4-12H,3H2,1-2H3,(H,23,24). The van der Waals surface area contributed by atoms with Gasteiger partial charge in [-0.25, -0.2) is 13.2 Å². The molecule has 1 aromatic heterocycles. The van der Waals surface area contributed by atoms with Crippen molar-refractivity contribution in [3.05, 3.63) is 70.9 Å². The molecule has 0 aliphatic carbocycles. The minimum absolute atomic E-state index is 0.00840. The molecule has 0 saturated carbocycles. The number of aromatic nitrogens is 1. The molecule has 2 aromatic carbocycles. The maximum absolute atomic E-state index is 12.3. The van der Waals surface area contributed by atoms with E-state index in [1.165, 1.54) is 0 Å². The summed E-state index contributed by atoms with van der Waals surface area (Å²) in [6, 6.07) is 15.2. The van der Waals surface area contributed by atoms with Gasteiger partial charge in [-0.15, -0.1) is 0 Å². The van der Waals surface area contributed by atoms with Crippen LogP contribution >= 0.6 is 11.6 Å². The first-order chi connectivity index (χ1) is 12.7. The Morgan fingerprint density at radius 2 is 1.78 bits per heavy atom. The van der Waals surface area contributed by atoms with Crippen molar-refractivity contribution in [2.45, 2.75) is 18.7 Å². The first-order valence-electron chi connectivity index (χ1n) is 8.29. The summed E-state index contributed by atoms with van der Waals surface area (Å²) in [6.07, 6.45) is 0. The van der Waals surface area contributed by atoms with E-state index in [2.05, 4.69) is 0 Å². The largest absolute Gasteiger partial charge is 0.478 e. The molecule has 0 aliphatic rings. The molecule has 0 saturated heterocycles. The maximum atomic E-state index is 12.3. The van der Waals surface area contributed by atoms with Crippen molar-refractivity contribution in [1.29, 1.82) is 0 Å². The Balaban J connectivity index is 2.28. The van der Waals surface area contributed by atoms with Crippen molar-refractivity contribution in [2.75, 3.05) is 5.75 Å². The number of carboxylic acids is 1. The number of sulfone groups is 1. The molecule has 1 N–H and O–H groups in total. The van der Waals surface area contributed by atoms with Crippen LogP contribution in [0, 0.1) is 6.92 Å². The van der Waals surface area contributed by atoms with Gasteiger partial charge >= 0.3 is 5.97 Å². The molecular weight excluding hydrogens is 386 g/mol. The normalized spacial score (nSPS) is 11.5. The Morgan fingerprint density at radius 3 is 2.37 bits per heavy atom. The fourth-order valence-corrected chi connectivity index (χ4v) is 4.02. The molecule has 0 bridgehead atoms. The minimum atomic E-state index is -3.38. The van der Waals surface area contributed by atoms with Crippen molar-refractivity contribution in [2.24, 2.45) is 0 Å². The summed E-state index contributed by atoms with van der Waals surface area (Å²) in [4.78, 5) is 11.8. The highest BCUT2D eigenvalue weighted by Gasteiger charge is 2.20. The molecule has 27 heavy (non-hydrogen) atoms. The fourth-order valence-electron chi connectivity index (χ4n) is 2.97. The van der Waals surface area contributed by atoms with E-state index >= 15 is 0 Å². The summed E-state index contributed by atoms with van der Waals surface area (Å²) in [7, 11) is -3.38. The zero-order valence-corrected chi connectivity index (χ0v) is 16.4.